The van der Waals surface area contributed by atoms with Gasteiger partial charge in [-0.2, -0.15) is 0 Å². The third kappa shape index (κ3) is 5.91. The van der Waals surface area contributed by atoms with Gasteiger partial charge in [0.2, 0.25) is 23.6 Å². The molecule has 11 nitrogen and oxygen atoms in total. The molecule has 2 heterocycles. The molecule has 1 aromatic carbocycles. The largest absolute Gasteiger partial charge is 0.391 e. The first-order chi connectivity index (χ1) is 17.4. The van der Waals surface area contributed by atoms with Crippen LogP contribution in [0.2, 0.25) is 0 Å². The van der Waals surface area contributed by atoms with E-state index in [1.807, 2.05) is 0 Å². The van der Waals surface area contributed by atoms with Crippen LogP contribution in [0.3, 0.4) is 0 Å². The Morgan fingerprint density at radius 1 is 1.16 bits per heavy atom. The summed E-state index contributed by atoms with van der Waals surface area (Å²) in [5.74, 6) is -3.19. The smallest absolute Gasteiger partial charge is 0.247 e. The van der Waals surface area contributed by atoms with Gasteiger partial charge in [-0.05, 0) is 57.2 Å². The molecule has 0 bridgehead atoms. The van der Waals surface area contributed by atoms with E-state index in [9.17, 15) is 33.8 Å². The summed E-state index contributed by atoms with van der Waals surface area (Å²) in [4.78, 5) is 55.2. The zero-order valence-electron chi connectivity index (χ0n) is 21.1. The van der Waals surface area contributed by atoms with E-state index >= 15 is 0 Å². The van der Waals surface area contributed by atoms with Gasteiger partial charge in [0.05, 0.1) is 12.2 Å². The summed E-state index contributed by atoms with van der Waals surface area (Å²) in [5.41, 5.74) is 10.2. The number of nitrogens with two attached hydrogens (primary N) is 2. The van der Waals surface area contributed by atoms with Gasteiger partial charge >= 0.3 is 0 Å². The number of benzene rings is 1. The van der Waals surface area contributed by atoms with E-state index < -0.39 is 65.3 Å². The molecule has 6 unspecified atom stereocenters. The predicted octanol–water partition coefficient (Wildman–Crippen LogP) is -1.22. The Morgan fingerprint density at radius 2 is 1.86 bits per heavy atom. The molecule has 0 aromatic heterocycles. The Labute approximate surface area is 215 Å². The number of rotatable bonds is 9. The second-order valence-electron chi connectivity index (χ2n) is 9.98. The molecule has 37 heavy (non-hydrogen) atoms. The monoisotopic (exact) mass is 521 g/mol. The summed E-state index contributed by atoms with van der Waals surface area (Å²) in [6, 6.07) is 2.17. The molecule has 7 N–H and O–H groups in total. The molecule has 0 saturated carbocycles. The fourth-order valence-corrected chi connectivity index (χ4v) is 5.25. The minimum Gasteiger partial charge on any atom is -0.391 e. The Morgan fingerprint density at radius 3 is 2.46 bits per heavy atom. The van der Waals surface area contributed by atoms with Crippen molar-refractivity contribution in [2.24, 2.45) is 11.5 Å². The fraction of sp³-hybridized carbons (Fsp3) is 0.600. The number of halogens is 1. The van der Waals surface area contributed by atoms with E-state index in [-0.39, 0.29) is 25.9 Å². The molecule has 2 aliphatic rings. The number of aliphatic hydroxyl groups excluding tert-OH is 2. The number of nitrogens with zero attached hydrogens (tertiary/aromatic N) is 2. The second-order valence-corrected chi connectivity index (χ2v) is 9.98. The average Bonchev–Trinajstić information content (AvgIpc) is 3.48. The number of carbonyl (C=O) groups is 4. The van der Waals surface area contributed by atoms with Gasteiger partial charge in [-0.3, -0.25) is 19.2 Å². The zero-order chi connectivity index (χ0) is 27.5. The van der Waals surface area contributed by atoms with Crippen LogP contribution in [0, 0.1) is 5.82 Å². The van der Waals surface area contributed by atoms with Gasteiger partial charge in [0.1, 0.15) is 29.5 Å². The minimum absolute atomic E-state index is 0.0541. The Bertz CT molecular complexity index is 1040. The van der Waals surface area contributed by atoms with Gasteiger partial charge in [0.15, 0.2) is 0 Å². The zero-order valence-corrected chi connectivity index (χ0v) is 21.1. The standard InChI is InChI=1S/C25H36FN5O6/c1-14(32)19(27)23(36)30-10-4-8-18(30)22(35)31-11-5-9-25(31,13-16-6-3-7-17(26)12-16)24(37)29-20(15(2)33)21(28)34/h3,6-7,12,14-15,18-20,32-33H,4-5,8-11,13,27H2,1-2H3,(H2,28,34)(H,29,37). The number of likely N-dealkylation sites (tertiary alicyclic amines) is 2. The summed E-state index contributed by atoms with van der Waals surface area (Å²) < 4.78 is 14.0. The second kappa shape index (κ2) is 11.5. The van der Waals surface area contributed by atoms with Crippen LogP contribution >= 0.6 is 0 Å². The van der Waals surface area contributed by atoms with Crippen molar-refractivity contribution in [1.82, 2.24) is 15.1 Å². The van der Waals surface area contributed by atoms with E-state index in [0.29, 0.717) is 24.8 Å². The van der Waals surface area contributed by atoms with Crippen LogP contribution in [-0.2, 0) is 25.6 Å². The molecule has 0 radical (unpaired) electrons. The van der Waals surface area contributed by atoms with E-state index in [1.54, 1.807) is 6.07 Å². The molecule has 2 saturated heterocycles. The van der Waals surface area contributed by atoms with Crippen LogP contribution in [0.4, 0.5) is 4.39 Å². The van der Waals surface area contributed by atoms with E-state index in [1.165, 1.54) is 41.8 Å². The van der Waals surface area contributed by atoms with E-state index in [0.717, 1.165) is 0 Å². The van der Waals surface area contributed by atoms with Crippen molar-refractivity contribution >= 4 is 23.6 Å². The van der Waals surface area contributed by atoms with Crippen molar-refractivity contribution in [2.75, 3.05) is 13.1 Å². The first kappa shape index (κ1) is 28.5. The molecule has 1 aromatic rings. The van der Waals surface area contributed by atoms with Crippen LogP contribution in [0.1, 0.15) is 45.1 Å². The van der Waals surface area contributed by atoms with Crippen LogP contribution in [0.5, 0.6) is 0 Å². The summed E-state index contributed by atoms with van der Waals surface area (Å²) in [6.45, 7) is 3.17. The SMILES string of the molecule is CC(O)C(N)C(=O)N1CCCC1C(=O)N1CCCC1(Cc1cccc(F)c1)C(=O)NC(C(N)=O)C(C)O. The minimum atomic E-state index is -1.52. The number of hydrogen-bond donors (Lipinski definition) is 5. The van der Waals surface area contributed by atoms with Gasteiger partial charge in [0, 0.05) is 19.5 Å². The lowest BCUT2D eigenvalue weighted by molar-refractivity contribution is -0.152. The highest BCUT2D eigenvalue weighted by Gasteiger charge is 2.53. The highest BCUT2D eigenvalue weighted by molar-refractivity contribution is 5.98. The number of carbonyl (C=O) groups excluding carboxylic acids is 4. The summed E-state index contributed by atoms with van der Waals surface area (Å²) in [6.07, 6.45) is -0.914. The third-order valence-electron chi connectivity index (χ3n) is 7.26. The normalized spacial score (nSPS) is 24.9. The number of nitrogens with one attached hydrogen (secondary N) is 1. The quantitative estimate of drug-likeness (QED) is 0.270. The average molecular weight is 522 g/mol. The molecule has 12 heteroatoms. The first-order valence-electron chi connectivity index (χ1n) is 12.5. The van der Waals surface area contributed by atoms with Crippen LogP contribution < -0.4 is 16.8 Å². The maximum Gasteiger partial charge on any atom is 0.247 e. The maximum absolute atomic E-state index is 14.0. The highest BCUT2D eigenvalue weighted by atomic mass is 19.1. The number of primary amides is 1. The molecule has 2 aliphatic heterocycles. The topological polar surface area (TPSA) is 179 Å². The molecule has 0 spiro atoms. The Kier molecular flexibility index (Phi) is 8.88. The van der Waals surface area contributed by atoms with Crippen molar-refractivity contribution < 1.29 is 33.8 Å². The highest BCUT2D eigenvalue weighted by Crippen LogP contribution is 2.36. The molecule has 3 rings (SSSR count). The summed E-state index contributed by atoms with van der Waals surface area (Å²) in [5, 5.41) is 22.3. The molecule has 204 valence electrons. The van der Waals surface area contributed by atoms with Crippen molar-refractivity contribution in [3.8, 4) is 0 Å². The number of aliphatic hydroxyl groups is 2. The van der Waals surface area contributed by atoms with Crippen LogP contribution in [0.25, 0.3) is 0 Å². The number of amides is 4. The van der Waals surface area contributed by atoms with E-state index in [2.05, 4.69) is 5.32 Å². The molecule has 0 aliphatic carbocycles. The molecule has 6 atom stereocenters. The maximum atomic E-state index is 14.0. The van der Waals surface area contributed by atoms with Crippen LogP contribution in [0.15, 0.2) is 24.3 Å². The van der Waals surface area contributed by atoms with Crippen molar-refractivity contribution in [3.05, 3.63) is 35.6 Å². The van der Waals surface area contributed by atoms with Gasteiger partial charge in [-0.15, -0.1) is 0 Å². The molecule has 4 amide bonds. The van der Waals surface area contributed by atoms with Gasteiger partial charge in [0.25, 0.3) is 0 Å². The van der Waals surface area contributed by atoms with Gasteiger partial charge in [-0.25, -0.2) is 4.39 Å². The summed E-state index contributed by atoms with van der Waals surface area (Å²) >= 11 is 0. The van der Waals surface area contributed by atoms with E-state index in [4.69, 9.17) is 11.5 Å². The van der Waals surface area contributed by atoms with Crippen molar-refractivity contribution in [2.45, 2.75) is 81.8 Å². The van der Waals surface area contributed by atoms with Crippen LogP contribution in [-0.4, -0.2) is 92.6 Å². The van der Waals surface area contributed by atoms with Gasteiger partial charge < -0.3 is 36.8 Å². The van der Waals surface area contributed by atoms with Crippen molar-refractivity contribution in [3.63, 3.8) is 0 Å². The predicted molar refractivity (Wildman–Crippen MR) is 131 cm³/mol. The lowest BCUT2D eigenvalue weighted by atomic mass is 9.86. The van der Waals surface area contributed by atoms with Gasteiger partial charge in [-0.1, -0.05) is 12.1 Å². The molecular formula is C25H36FN5O6. The number of hydrogen-bond acceptors (Lipinski definition) is 7. The lowest BCUT2D eigenvalue weighted by Crippen LogP contribution is -2.65. The fourth-order valence-electron chi connectivity index (χ4n) is 5.25. The summed E-state index contributed by atoms with van der Waals surface area (Å²) in [7, 11) is 0. The molecular weight excluding hydrogens is 485 g/mol. The van der Waals surface area contributed by atoms with Crippen molar-refractivity contribution in [1.29, 1.82) is 0 Å². The third-order valence-corrected chi connectivity index (χ3v) is 7.26. The molecule has 2 fully saturated rings. The Balaban J connectivity index is 1.98. The Hall–Kier alpha value is -3.09. The first-order valence-corrected chi connectivity index (χ1v) is 12.5. The lowest BCUT2D eigenvalue weighted by Gasteiger charge is -2.41.